The monoisotopic (exact) mass is 275 g/mol. The van der Waals surface area contributed by atoms with Crippen LogP contribution in [0.4, 0.5) is 0 Å². The van der Waals surface area contributed by atoms with E-state index in [1.165, 1.54) is 5.56 Å². The van der Waals surface area contributed by atoms with Crippen LogP contribution in [-0.2, 0) is 0 Å². The van der Waals surface area contributed by atoms with Gasteiger partial charge in [-0.05, 0) is 64.3 Å². The Bertz CT molecular complexity index is 508. The van der Waals surface area contributed by atoms with E-state index in [-0.39, 0.29) is 11.8 Å². The van der Waals surface area contributed by atoms with E-state index in [0.29, 0.717) is 6.54 Å². The van der Waals surface area contributed by atoms with Crippen LogP contribution in [0.15, 0.2) is 18.2 Å². The maximum absolute atomic E-state index is 12.6. The lowest BCUT2D eigenvalue weighted by molar-refractivity contribution is -0.0242. The topological polar surface area (TPSA) is 40.5 Å². The summed E-state index contributed by atoms with van der Waals surface area (Å²) in [6.07, 6.45) is 1.76. The van der Waals surface area contributed by atoms with Crippen LogP contribution in [-0.4, -0.2) is 40.5 Å². The smallest absolute Gasteiger partial charge is 0.179 e. The Morgan fingerprint density at radius 3 is 2.65 bits per heavy atom. The van der Waals surface area contributed by atoms with Crippen molar-refractivity contribution in [2.75, 3.05) is 13.1 Å². The van der Waals surface area contributed by atoms with Crippen molar-refractivity contribution in [2.24, 2.45) is 0 Å². The SMILES string of the molecule is Cc1ccc(C(=O)C(C)N2CCCC(C)(O)C2)cc1C. The molecule has 1 fully saturated rings. The summed E-state index contributed by atoms with van der Waals surface area (Å²) in [5.74, 6) is 0.144. The number of aryl methyl sites for hydroxylation is 2. The van der Waals surface area contributed by atoms with Crippen molar-refractivity contribution in [1.29, 1.82) is 0 Å². The van der Waals surface area contributed by atoms with E-state index in [4.69, 9.17) is 0 Å². The zero-order valence-corrected chi connectivity index (χ0v) is 12.9. The molecule has 2 atom stereocenters. The van der Waals surface area contributed by atoms with Gasteiger partial charge < -0.3 is 5.11 Å². The third-order valence-corrected chi connectivity index (χ3v) is 4.42. The first-order valence-corrected chi connectivity index (χ1v) is 7.38. The summed E-state index contributed by atoms with van der Waals surface area (Å²) in [5.41, 5.74) is 2.45. The molecular weight excluding hydrogens is 250 g/mol. The van der Waals surface area contributed by atoms with Gasteiger partial charge in [0, 0.05) is 12.1 Å². The minimum absolute atomic E-state index is 0.144. The quantitative estimate of drug-likeness (QED) is 0.862. The first-order valence-electron chi connectivity index (χ1n) is 7.38. The second kappa shape index (κ2) is 5.66. The summed E-state index contributed by atoms with van der Waals surface area (Å²) >= 11 is 0. The van der Waals surface area contributed by atoms with Crippen LogP contribution >= 0.6 is 0 Å². The lowest BCUT2D eigenvalue weighted by atomic mass is 9.92. The molecule has 1 N–H and O–H groups in total. The van der Waals surface area contributed by atoms with Crippen molar-refractivity contribution in [2.45, 2.75) is 52.2 Å². The fourth-order valence-electron chi connectivity index (χ4n) is 2.89. The van der Waals surface area contributed by atoms with Crippen LogP contribution in [0.3, 0.4) is 0 Å². The summed E-state index contributed by atoms with van der Waals surface area (Å²) in [5, 5.41) is 10.2. The fraction of sp³-hybridized carbons (Fsp3) is 0.588. The molecule has 1 aliphatic rings. The van der Waals surface area contributed by atoms with Crippen LogP contribution in [0.25, 0.3) is 0 Å². The van der Waals surface area contributed by atoms with Gasteiger partial charge >= 0.3 is 0 Å². The van der Waals surface area contributed by atoms with Gasteiger partial charge in [-0.1, -0.05) is 12.1 Å². The molecule has 110 valence electrons. The summed E-state index contributed by atoms with van der Waals surface area (Å²) in [7, 11) is 0. The number of piperidine rings is 1. The second-order valence-corrected chi connectivity index (χ2v) is 6.41. The normalized spacial score (nSPS) is 25.4. The average Bonchev–Trinajstić information content (AvgIpc) is 2.39. The molecule has 0 bridgehead atoms. The van der Waals surface area contributed by atoms with Crippen LogP contribution in [0, 0.1) is 13.8 Å². The largest absolute Gasteiger partial charge is 0.389 e. The molecule has 2 rings (SSSR count). The molecule has 0 amide bonds. The van der Waals surface area contributed by atoms with Gasteiger partial charge in [-0.2, -0.15) is 0 Å². The Kier molecular flexibility index (Phi) is 4.31. The third-order valence-electron chi connectivity index (χ3n) is 4.42. The predicted molar refractivity (Wildman–Crippen MR) is 81.1 cm³/mol. The van der Waals surface area contributed by atoms with E-state index >= 15 is 0 Å². The van der Waals surface area contributed by atoms with E-state index in [9.17, 15) is 9.90 Å². The number of hydrogen-bond donors (Lipinski definition) is 1. The van der Waals surface area contributed by atoms with Gasteiger partial charge in [0.1, 0.15) is 0 Å². The molecule has 2 unspecified atom stereocenters. The molecule has 1 heterocycles. The molecule has 0 aromatic heterocycles. The maximum atomic E-state index is 12.6. The van der Waals surface area contributed by atoms with Gasteiger partial charge in [0.2, 0.25) is 0 Å². The molecule has 3 nitrogen and oxygen atoms in total. The number of benzene rings is 1. The Balaban J connectivity index is 2.13. The van der Waals surface area contributed by atoms with Crippen molar-refractivity contribution >= 4 is 5.78 Å². The van der Waals surface area contributed by atoms with E-state index in [1.54, 1.807) is 0 Å². The number of carbonyl (C=O) groups excluding carboxylic acids is 1. The number of ketones is 1. The van der Waals surface area contributed by atoms with Crippen molar-refractivity contribution in [3.05, 3.63) is 34.9 Å². The van der Waals surface area contributed by atoms with E-state index in [1.807, 2.05) is 39.0 Å². The van der Waals surface area contributed by atoms with Gasteiger partial charge in [-0.25, -0.2) is 0 Å². The van der Waals surface area contributed by atoms with Gasteiger partial charge in [0.05, 0.1) is 11.6 Å². The number of carbonyl (C=O) groups is 1. The number of aliphatic hydroxyl groups is 1. The Labute approximate surface area is 121 Å². The molecule has 3 heteroatoms. The standard InChI is InChI=1S/C17H25NO2/c1-12-6-7-15(10-13(12)2)16(19)14(3)18-9-5-8-17(4,20)11-18/h6-7,10,14,20H,5,8-9,11H2,1-4H3. The molecule has 1 aromatic rings. The summed E-state index contributed by atoms with van der Waals surface area (Å²) < 4.78 is 0. The van der Waals surface area contributed by atoms with Crippen LogP contribution in [0.2, 0.25) is 0 Å². The van der Waals surface area contributed by atoms with Crippen molar-refractivity contribution in [3.8, 4) is 0 Å². The third kappa shape index (κ3) is 3.28. The molecule has 0 saturated carbocycles. The minimum Gasteiger partial charge on any atom is -0.389 e. The number of nitrogens with zero attached hydrogens (tertiary/aromatic N) is 1. The molecule has 1 saturated heterocycles. The van der Waals surface area contributed by atoms with Crippen molar-refractivity contribution in [3.63, 3.8) is 0 Å². The van der Waals surface area contributed by atoms with Crippen LogP contribution in [0.5, 0.6) is 0 Å². The molecule has 0 aliphatic carbocycles. The maximum Gasteiger partial charge on any atom is 0.179 e. The average molecular weight is 275 g/mol. The second-order valence-electron chi connectivity index (χ2n) is 6.41. The number of likely N-dealkylation sites (tertiary alicyclic amines) is 1. The van der Waals surface area contributed by atoms with Gasteiger partial charge in [0.15, 0.2) is 5.78 Å². The predicted octanol–water partition coefficient (Wildman–Crippen LogP) is 2.72. The number of hydrogen-bond acceptors (Lipinski definition) is 3. The fourth-order valence-corrected chi connectivity index (χ4v) is 2.89. The van der Waals surface area contributed by atoms with Crippen molar-refractivity contribution < 1.29 is 9.90 Å². The van der Waals surface area contributed by atoms with E-state index in [2.05, 4.69) is 11.8 Å². The molecule has 1 aliphatic heterocycles. The Hall–Kier alpha value is -1.19. The highest BCUT2D eigenvalue weighted by atomic mass is 16.3. The van der Waals surface area contributed by atoms with E-state index < -0.39 is 5.60 Å². The van der Waals surface area contributed by atoms with Crippen LogP contribution < -0.4 is 0 Å². The first-order chi connectivity index (χ1) is 9.30. The minimum atomic E-state index is -0.671. The molecule has 0 radical (unpaired) electrons. The number of β-amino-alcohol motifs (C(OH)–C–C–N with tert-alkyl or cyclic N) is 1. The lowest BCUT2D eigenvalue weighted by Crippen LogP contribution is -2.51. The van der Waals surface area contributed by atoms with Crippen molar-refractivity contribution in [1.82, 2.24) is 4.90 Å². The lowest BCUT2D eigenvalue weighted by Gasteiger charge is -2.39. The summed E-state index contributed by atoms with van der Waals surface area (Å²) in [6, 6.07) is 5.70. The Morgan fingerprint density at radius 1 is 1.35 bits per heavy atom. The molecule has 1 aromatic carbocycles. The number of rotatable bonds is 3. The number of Topliss-reactive ketones (excluding diaryl/α,β-unsaturated/α-hetero) is 1. The molecule has 0 spiro atoms. The molecular formula is C17H25NO2. The highest BCUT2D eigenvalue weighted by Gasteiger charge is 2.33. The molecule has 20 heavy (non-hydrogen) atoms. The zero-order valence-electron chi connectivity index (χ0n) is 12.9. The van der Waals surface area contributed by atoms with Gasteiger partial charge in [0.25, 0.3) is 0 Å². The highest BCUT2D eigenvalue weighted by Crippen LogP contribution is 2.23. The van der Waals surface area contributed by atoms with Gasteiger partial charge in [-0.3, -0.25) is 9.69 Å². The van der Waals surface area contributed by atoms with E-state index in [0.717, 1.165) is 30.5 Å². The zero-order chi connectivity index (χ0) is 14.9. The van der Waals surface area contributed by atoms with Crippen LogP contribution in [0.1, 0.15) is 48.2 Å². The van der Waals surface area contributed by atoms with Gasteiger partial charge in [-0.15, -0.1) is 0 Å². The Morgan fingerprint density at radius 2 is 2.05 bits per heavy atom. The summed E-state index contributed by atoms with van der Waals surface area (Å²) in [6.45, 7) is 9.33. The summed E-state index contributed by atoms with van der Waals surface area (Å²) in [4.78, 5) is 14.7. The first kappa shape index (κ1) is 15.2. The highest BCUT2D eigenvalue weighted by molar-refractivity contribution is 6.00.